The Kier molecular flexibility index (Phi) is 3.94. The van der Waals surface area contributed by atoms with E-state index < -0.39 is 0 Å². The highest BCUT2D eigenvalue weighted by Crippen LogP contribution is 2.07. The lowest BCUT2D eigenvalue weighted by Gasteiger charge is -2.15. The maximum atomic E-state index is 5.23. The van der Waals surface area contributed by atoms with Crippen molar-refractivity contribution in [1.82, 2.24) is 10.6 Å². The van der Waals surface area contributed by atoms with Gasteiger partial charge in [-0.1, -0.05) is 0 Å². The zero-order valence-electron chi connectivity index (χ0n) is 7.85. The predicted molar refractivity (Wildman–Crippen MR) is 46.9 cm³/mol. The molecule has 0 bridgehead atoms. The molecular formula is C8H18N2O2. The van der Waals surface area contributed by atoms with Crippen LogP contribution in [-0.4, -0.2) is 38.8 Å². The Morgan fingerprint density at radius 1 is 1.17 bits per heavy atom. The van der Waals surface area contributed by atoms with Crippen molar-refractivity contribution in [2.45, 2.75) is 19.6 Å². The molecule has 2 fully saturated rings. The summed E-state index contributed by atoms with van der Waals surface area (Å²) in [5.41, 5.74) is -0.0556. The first-order valence-corrected chi connectivity index (χ1v) is 4.38. The van der Waals surface area contributed by atoms with Crippen molar-refractivity contribution in [2.75, 3.05) is 33.0 Å². The second-order valence-corrected chi connectivity index (χ2v) is 3.34. The topological polar surface area (TPSA) is 42.5 Å². The molecule has 0 atom stereocenters. The van der Waals surface area contributed by atoms with E-state index >= 15 is 0 Å². The van der Waals surface area contributed by atoms with Crippen LogP contribution >= 0.6 is 0 Å². The van der Waals surface area contributed by atoms with E-state index in [1.54, 1.807) is 0 Å². The summed E-state index contributed by atoms with van der Waals surface area (Å²) in [4.78, 5) is 0. The van der Waals surface area contributed by atoms with Crippen molar-refractivity contribution in [3.05, 3.63) is 0 Å². The third-order valence-corrected chi connectivity index (χ3v) is 1.74. The first kappa shape index (κ1) is 9.92. The van der Waals surface area contributed by atoms with Crippen molar-refractivity contribution in [2.24, 2.45) is 0 Å². The highest BCUT2D eigenvalue weighted by molar-refractivity contribution is 4.70. The fourth-order valence-corrected chi connectivity index (χ4v) is 1.07. The number of hydrogen-bond donors (Lipinski definition) is 2. The Balaban J connectivity index is 0.000000127. The Labute approximate surface area is 73.6 Å². The average molecular weight is 174 g/mol. The standard InChI is InChI=1S/C5H11NO.C3H7NO/c1-5(2)6-3-4-7-5;1-2-5-3-4-1/h6H,3-4H2,1-2H3;4H,1-3H2. The summed E-state index contributed by atoms with van der Waals surface area (Å²) >= 11 is 0. The third kappa shape index (κ3) is 4.01. The molecule has 0 aromatic heterocycles. The molecule has 0 spiro atoms. The molecule has 2 saturated heterocycles. The van der Waals surface area contributed by atoms with Gasteiger partial charge >= 0.3 is 0 Å². The molecule has 4 nitrogen and oxygen atoms in total. The number of hydrogen-bond acceptors (Lipinski definition) is 4. The fourth-order valence-electron chi connectivity index (χ4n) is 1.07. The fraction of sp³-hybridized carbons (Fsp3) is 1.00. The van der Waals surface area contributed by atoms with Gasteiger partial charge in [0, 0.05) is 13.1 Å². The van der Waals surface area contributed by atoms with Crippen molar-refractivity contribution < 1.29 is 9.47 Å². The van der Waals surface area contributed by atoms with Gasteiger partial charge in [-0.25, -0.2) is 0 Å². The van der Waals surface area contributed by atoms with Crippen LogP contribution in [0.5, 0.6) is 0 Å². The van der Waals surface area contributed by atoms with E-state index in [4.69, 9.17) is 9.47 Å². The molecule has 0 saturated carbocycles. The Morgan fingerprint density at radius 2 is 2.00 bits per heavy atom. The first-order valence-electron chi connectivity index (χ1n) is 4.38. The molecule has 72 valence electrons. The number of rotatable bonds is 0. The van der Waals surface area contributed by atoms with Crippen molar-refractivity contribution >= 4 is 0 Å². The Bertz CT molecular complexity index is 109. The summed E-state index contributed by atoms with van der Waals surface area (Å²) < 4.78 is 10.1. The maximum Gasteiger partial charge on any atom is 0.113 e. The zero-order chi connectivity index (χ0) is 8.86. The van der Waals surface area contributed by atoms with Gasteiger partial charge in [0.1, 0.15) is 5.72 Å². The van der Waals surface area contributed by atoms with Gasteiger partial charge in [0.15, 0.2) is 0 Å². The smallest absolute Gasteiger partial charge is 0.113 e. The van der Waals surface area contributed by atoms with Gasteiger partial charge in [-0.15, -0.1) is 0 Å². The van der Waals surface area contributed by atoms with Gasteiger partial charge in [0.25, 0.3) is 0 Å². The van der Waals surface area contributed by atoms with Gasteiger partial charge in [0.05, 0.1) is 19.9 Å². The Hall–Kier alpha value is -0.160. The minimum Gasteiger partial charge on any atom is -0.365 e. The number of nitrogens with one attached hydrogen (secondary N) is 2. The molecule has 0 radical (unpaired) electrons. The van der Waals surface area contributed by atoms with Gasteiger partial charge in [-0.3, -0.25) is 10.6 Å². The van der Waals surface area contributed by atoms with E-state index in [2.05, 4.69) is 10.6 Å². The van der Waals surface area contributed by atoms with Gasteiger partial charge in [-0.2, -0.15) is 0 Å². The molecule has 0 unspecified atom stereocenters. The summed E-state index contributed by atoms with van der Waals surface area (Å²) in [5.74, 6) is 0. The van der Waals surface area contributed by atoms with Crippen LogP contribution in [0.4, 0.5) is 0 Å². The van der Waals surface area contributed by atoms with Gasteiger partial charge < -0.3 is 9.47 Å². The Morgan fingerprint density at radius 3 is 2.17 bits per heavy atom. The van der Waals surface area contributed by atoms with Gasteiger partial charge in [-0.05, 0) is 13.8 Å². The predicted octanol–water partition coefficient (Wildman–Crippen LogP) is -0.0940. The monoisotopic (exact) mass is 174 g/mol. The minimum atomic E-state index is -0.0556. The van der Waals surface area contributed by atoms with E-state index in [0.29, 0.717) is 0 Å². The quantitative estimate of drug-likeness (QED) is 0.538. The van der Waals surface area contributed by atoms with Crippen LogP contribution in [0.3, 0.4) is 0 Å². The molecule has 2 aliphatic rings. The largest absolute Gasteiger partial charge is 0.365 e. The van der Waals surface area contributed by atoms with Crippen molar-refractivity contribution in [3.8, 4) is 0 Å². The molecule has 2 N–H and O–H groups in total. The van der Waals surface area contributed by atoms with Crippen molar-refractivity contribution in [1.29, 1.82) is 0 Å². The molecule has 12 heavy (non-hydrogen) atoms. The van der Waals surface area contributed by atoms with Crippen LogP contribution < -0.4 is 10.6 Å². The third-order valence-electron chi connectivity index (χ3n) is 1.74. The lowest BCUT2D eigenvalue weighted by atomic mass is 10.3. The first-order chi connectivity index (χ1) is 5.71. The van der Waals surface area contributed by atoms with Crippen LogP contribution in [0.15, 0.2) is 0 Å². The second-order valence-electron chi connectivity index (χ2n) is 3.34. The van der Waals surface area contributed by atoms with Crippen LogP contribution in [0.2, 0.25) is 0 Å². The molecule has 2 rings (SSSR count). The average Bonchev–Trinajstić information content (AvgIpc) is 2.60. The normalized spacial score (nSPS) is 26.5. The summed E-state index contributed by atoms with van der Waals surface area (Å²) in [6, 6.07) is 0. The summed E-state index contributed by atoms with van der Waals surface area (Å²) in [5, 5.41) is 6.17. The molecule has 0 aromatic carbocycles. The van der Waals surface area contributed by atoms with Gasteiger partial charge in [0.2, 0.25) is 0 Å². The molecule has 0 amide bonds. The zero-order valence-corrected chi connectivity index (χ0v) is 7.85. The molecule has 4 heteroatoms. The highest BCUT2D eigenvalue weighted by Gasteiger charge is 2.21. The molecule has 2 heterocycles. The van der Waals surface area contributed by atoms with Crippen LogP contribution in [0, 0.1) is 0 Å². The van der Waals surface area contributed by atoms with Crippen LogP contribution in [0.1, 0.15) is 13.8 Å². The van der Waals surface area contributed by atoms with Crippen LogP contribution in [-0.2, 0) is 9.47 Å². The maximum absolute atomic E-state index is 5.23. The lowest BCUT2D eigenvalue weighted by molar-refractivity contribution is 0.0233. The van der Waals surface area contributed by atoms with E-state index in [-0.39, 0.29) is 5.72 Å². The molecule has 0 aliphatic carbocycles. The molecule has 2 aliphatic heterocycles. The molecule has 0 aromatic rings. The summed E-state index contributed by atoms with van der Waals surface area (Å²) in [7, 11) is 0. The van der Waals surface area contributed by atoms with E-state index in [0.717, 1.165) is 33.0 Å². The minimum absolute atomic E-state index is 0.0556. The summed E-state index contributed by atoms with van der Waals surface area (Å²) in [6.45, 7) is 8.57. The lowest BCUT2D eigenvalue weighted by Crippen LogP contribution is -2.33. The SMILES string of the molecule is C1COCN1.CC1(C)NCCO1. The summed E-state index contributed by atoms with van der Waals surface area (Å²) in [6.07, 6.45) is 0. The second kappa shape index (κ2) is 4.77. The molecular weight excluding hydrogens is 156 g/mol. The van der Waals surface area contributed by atoms with E-state index in [1.165, 1.54) is 0 Å². The van der Waals surface area contributed by atoms with Crippen LogP contribution in [0.25, 0.3) is 0 Å². The van der Waals surface area contributed by atoms with E-state index in [9.17, 15) is 0 Å². The number of ether oxygens (including phenoxy) is 2. The highest BCUT2D eigenvalue weighted by atomic mass is 16.5. The van der Waals surface area contributed by atoms with Crippen molar-refractivity contribution in [3.63, 3.8) is 0 Å². The van der Waals surface area contributed by atoms with E-state index in [1.807, 2.05) is 13.8 Å².